The summed E-state index contributed by atoms with van der Waals surface area (Å²) in [6.07, 6.45) is 1.03. The molecule has 0 amide bonds. The van der Waals surface area contributed by atoms with Crippen molar-refractivity contribution in [2.75, 3.05) is 32.5 Å². The molecule has 4 nitrogen and oxygen atoms in total. The third-order valence-corrected chi connectivity index (χ3v) is 3.58. The average molecular weight is 438 g/mol. The van der Waals surface area contributed by atoms with Crippen molar-refractivity contribution >= 4 is 35.6 Å². The smallest absolute Gasteiger partial charge is 0.193 e. The molecule has 0 aliphatic carbocycles. The summed E-state index contributed by atoms with van der Waals surface area (Å²) in [4.78, 5) is 6.49. The lowest BCUT2D eigenvalue weighted by molar-refractivity contribution is 0.476. The largest absolute Gasteiger partial charge is 0.385 e. The highest BCUT2D eigenvalue weighted by Gasteiger charge is 2.05. The Hall–Kier alpha value is -1.76. The van der Waals surface area contributed by atoms with Crippen LogP contribution in [0.25, 0.3) is 0 Å². The minimum Gasteiger partial charge on any atom is -0.385 e. The van der Waals surface area contributed by atoms with Gasteiger partial charge in [0.15, 0.2) is 5.96 Å². The molecule has 0 fully saturated rings. The van der Waals surface area contributed by atoms with Gasteiger partial charge in [0.1, 0.15) is 0 Å². The predicted molar refractivity (Wildman–Crippen MR) is 114 cm³/mol. The maximum absolute atomic E-state index is 4.35. The molecule has 2 N–H and O–H groups in total. The van der Waals surface area contributed by atoms with Gasteiger partial charge in [-0.3, -0.25) is 4.99 Å². The second kappa shape index (κ2) is 11.7. The van der Waals surface area contributed by atoms with Crippen molar-refractivity contribution in [1.29, 1.82) is 0 Å². The first-order valence-corrected chi connectivity index (χ1v) is 8.04. The maximum atomic E-state index is 4.35. The highest BCUT2D eigenvalue weighted by atomic mass is 127. The van der Waals surface area contributed by atoms with Gasteiger partial charge in [-0.05, 0) is 24.1 Å². The van der Waals surface area contributed by atoms with Gasteiger partial charge < -0.3 is 15.5 Å². The van der Waals surface area contributed by atoms with Gasteiger partial charge in [0.2, 0.25) is 0 Å². The molecule has 2 aromatic rings. The maximum Gasteiger partial charge on any atom is 0.193 e. The van der Waals surface area contributed by atoms with Gasteiger partial charge in [-0.15, -0.1) is 24.0 Å². The molecule has 0 spiro atoms. The van der Waals surface area contributed by atoms with Gasteiger partial charge in [-0.2, -0.15) is 0 Å². The van der Waals surface area contributed by atoms with Crippen molar-refractivity contribution in [2.45, 2.75) is 13.0 Å². The lowest BCUT2D eigenvalue weighted by Crippen LogP contribution is -2.39. The number of nitrogens with one attached hydrogen (secondary N) is 2. The van der Waals surface area contributed by atoms with E-state index in [1.807, 2.05) is 31.3 Å². The summed E-state index contributed by atoms with van der Waals surface area (Å²) in [6, 6.07) is 20.7. The molecule has 0 heterocycles. The molecule has 0 unspecified atom stereocenters. The summed E-state index contributed by atoms with van der Waals surface area (Å²) in [5.74, 6) is 0.925. The van der Waals surface area contributed by atoms with Crippen molar-refractivity contribution in [3.8, 4) is 0 Å². The van der Waals surface area contributed by atoms with Crippen LogP contribution in [0, 0.1) is 0 Å². The highest BCUT2D eigenvalue weighted by Crippen LogP contribution is 2.04. The highest BCUT2D eigenvalue weighted by molar-refractivity contribution is 14.0. The summed E-state index contributed by atoms with van der Waals surface area (Å²) < 4.78 is 0. The van der Waals surface area contributed by atoms with Gasteiger partial charge >= 0.3 is 0 Å². The van der Waals surface area contributed by atoms with Crippen LogP contribution in [0.15, 0.2) is 65.7 Å². The Balaban J connectivity index is 0.00000288. The lowest BCUT2D eigenvalue weighted by Gasteiger charge is -2.22. The Labute approximate surface area is 162 Å². The quantitative estimate of drug-likeness (QED) is 0.299. The third kappa shape index (κ3) is 7.21. The number of aliphatic imine (C=N–C) groups is 1. The van der Waals surface area contributed by atoms with Crippen LogP contribution in [-0.4, -0.2) is 38.0 Å². The summed E-state index contributed by atoms with van der Waals surface area (Å²) in [5, 5.41) is 6.82. The zero-order valence-electron chi connectivity index (χ0n) is 14.4. The number of hydrogen-bond acceptors (Lipinski definition) is 2. The van der Waals surface area contributed by atoms with E-state index in [9.17, 15) is 0 Å². The molecule has 24 heavy (non-hydrogen) atoms. The van der Waals surface area contributed by atoms with Crippen molar-refractivity contribution in [2.24, 2.45) is 4.99 Å². The van der Waals surface area contributed by atoms with E-state index in [-0.39, 0.29) is 24.0 Å². The fourth-order valence-electron chi connectivity index (χ4n) is 2.39. The number of halogens is 1. The number of nitrogens with zero attached hydrogens (tertiary/aromatic N) is 2. The second-order valence-corrected chi connectivity index (χ2v) is 5.46. The number of anilines is 1. The SMILES string of the molecule is CN=C(NCCCNc1ccccc1)N(C)Cc1ccccc1.I. The molecule has 2 rings (SSSR count). The van der Waals surface area contributed by atoms with Crippen molar-refractivity contribution in [3.63, 3.8) is 0 Å². The molecule has 2 aromatic carbocycles. The molecule has 5 heteroatoms. The Morgan fingerprint density at radius 3 is 2.21 bits per heavy atom. The zero-order chi connectivity index (χ0) is 16.3. The van der Waals surface area contributed by atoms with Crippen LogP contribution < -0.4 is 10.6 Å². The topological polar surface area (TPSA) is 39.7 Å². The number of hydrogen-bond donors (Lipinski definition) is 2. The minimum absolute atomic E-state index is 0. The molecule has 0 saturated heterocycles. The third-order valence-electron chi connectivity index (χ3n) is 3.58. The van der Waals surface area contributed by atoms with Crippen LogP contribution in [-0.2, 0) is 6.54 Å². The van der Waals surface area contributed by atoms with Crippen LogP contribution >= 0.6 is 24.0 Å². The normalized spacial score (nSPS) is 10.7. The van der Waals surface area contributed by atoms with Gasteiger partial charge in [0.25, 0.3) is 0 Å². The molecular formula is C19H27IN4. The molecule has 130 valence electrons. The predicted octanol–water partition coefficient (Wildman–Crippen LogP) is 3.81. The number of para-hydroxylation sites is 1. The molecule has 0 aromatic heterocycles. The van der Waals surface area contributed by atoms with Crippen molar-refractivity contribution in [3.05, 3.63) is 66.2 Å². The Bertz CT molecular complexity index is 587. The number of rotatable bonds is 7. The van der Waals surface area contributed by atoms with E-state index >= 15 is 0 Å². The van der Waals surface area contributed by atoms with E-state index in [4.69, 9.17) is 0 Å². The van der Waals surface area contributed by atoms with E-state index in [1.54, 1.807) is 0 Å². The summed E-state index contributed by atoms with van der Waals surface area (Å²) in [6.45, 7) is 2.69. The van der Waals surface area contributed by atoms with Gasteiger partial charge in [-0.25, -0.2) is 0 Å². The van der Waals surface area contributed by atoms with Crippen molar-refractivity contribution < 1.29 is 0 Å². The Morgan fingerprint density at radius 2 is 1.58 bits per heavy atom. The zero-order valence-corrected chi connectivity index (χ0v) is 16.7. The van der Waals surface area contributed by atoms with E-state index in [0.717, 1.165) is 37.7 Å². The fourth-order valence-corrected chi connectivity index (χ4v) is 2.39. The van der Waals surface area contributed by atoms with Crippen LogP contribution in [0.1, 0.15) is 12.0 Å². The van der Waals surface area contributed by atoms with E-state index in [0.29, 0.717) is 0 Å². The first-order valence-electron chi connectivity index (χ1n) is 8.04. The molecule has 0 saturated carbocycles. The Morgan fingerprint density at radius 1 is 0.958 bits per heavy atom. The second-order valence-electron chi connectivity index (χ2n) is 5.46. The number of guanidine groups is 1. The fraction of sp³-hybridized carbons (Fsp3) is 0.316. The summed E-state index contributed by atoms with van der Waals surface area (Å²) in [7, 11) is 3.89. The molecule has 0 aliphatic heterocycles. The van der Waals surface area contributed by atoms with Gasteiger partial charge in [0.05, 0.1) is 0 Å². The standard InChI is InChI=1S/C19H26N4.HI/c1-20-19(23(2)16-17-10-5-3-6-11-17)22-15-9-14-21-18-12-7-4-8-13-18;/h3-8,10-13,21H,9,14-16H2,1-2H3,(H,20,22);1H. The van der Waals surface area contributed by atoms with E-state index < -0.39 is 0 Å². The molecule has 0 aliphatic rings. The summed E-state index contributed by atoms with van der Waals surface area (Å²) >= 11 is 0. The molecule has 0 atom stereocenters. The molecule has 0 bridgehead atoms. The lowest BCUT2D eigenvalue weighted by atomic mass is 10.2. The average Bonchev–Trinajstić information content (AvgIpc) is 2.60. The molecule has 0 radical (unpaired) electrons. The Kier molecular flexibility index (Phi) is 9.91. The molecular weight excluding hydrogens is 411 g/mol. The number of benzene rings is 2. The first-order chi connectivity index (χ1) is 11.3. The summed E-state index contributed by atoms with van der Waals surface area (Å²) in [5.41, 5.74) is 2.45. The first kappa shape index (κ1) is 20.3. The van der Waals surface area contributed by atoms with Crippen LogP contribution in [0.3, 0.4) is 0 Å². The van der Waals surface area contributed by atoms with Crippen LogP contribution in [0.5, 0.6) is 0 Å². The minimum atomic E-state index is 0. The van der Waals surface area contributed by atoms with Crippen molar-refractivity contribution in [1.82, 2.24) is 10.2 Å². The van der Waals surface area contributed by atoms with Gasteiger partial charge in [0, 0.05) is 39.4 Å². The van der Waals surface area contributed by atoms with E-state index in [2.05, 4.69) is 64.0 Å². The van der Waals surface area contributed by atoms with Crippen LogP contribution in [0.2, 0.25) is 0 Å². The van der Waals surface area contributed by atoms with E-state index in [1.165, 1.54) is 5.56 Å². The van der Waals surface area contributed by atoms with Crippen LogP contribution in [0.4, 0.5) is 5.69 Å². The monoisotopic (exact) mass is 438 g/mol. The van der Waals surface area contributed by atoms with Gasteiger partial charge in [-0.1, -0.05) is 48.5 Å².